The molecule has 0 saturated heterocycles. The molecule has 0 bridgehead atoms. The zero-order valence-corrected chi connectivity index (χ0v) is 11.9. The Morgan fingerprint density at radius 3 is 2.24 bits per heavy atom. The van der Waals surface area contributed by atoms with Crippen LogP contribution in [0.5, 0.6) is 5.75 Å². The third kappa shape index (κ3) is 3.81. The van der Waals surface area contributed by atoms with E-state index in [1.165, 1.54) is 0 Å². The van der Waals surface area contributed by atoms with Crippen molar-refractivity contribution in [1.82, 2.24) is 4.98 Å². The van der Waals surface area contributed by atoms with Gasteiger partial charge >= 0.3 is 0 Å². The van der Waals surface area contributed by atoms with Crippen molar-refractivity contribution in [3.05, 3.63) is 47.5 Å². The van der Waals surface area contributed by atoms with E-state index >= 15 is 0 Å². The summed E-state index contributed by atoms with van der Waals surface area (Å²) in [6.07, 6.45) is 0. The third-order valence-electron chi connectivity index (χ3n) is 2.89. The van der Waals surface area contributed by atoms with Gasteiger partial charge in [-0.05, 0) is 24.6 Å². The van der Waals surface area contributed by atoms with Crippen LogP contribution in [-0.2, 0) is 6.54 Å². The van der Waals surface area contributed by atoms with Crippen LogP contribution >= 0.6 is 0 Å². The van der Waals surface area contributed by atoms with E-state index in [0.717, 1.165) is 17.4 Å². The minimum Gasteiger partial charge on any atom is -0.497 e. The summed E-state index contributed by atoms with van der Waals surface area (Å²) < 4.78 is 32.2. The van der Waals surface area contributed by atoms with Crippen molar-refractivity contribution >= 4 is 11.6 Å². The molecule has 2 aromatic rings. The number of ether oxygens (including phenoxy) is 1. The van der Waals surface area contributed by atoms with Gasteiger partial charge in [-0.3, -0.25) is 0 Å². The topological polar surface area (TPSA) is 46.2 Å². The SMILES string of the molecule is CCNc1nc(NCc2ccc(OC)cc2)c(F)cc1F. The molecular weight excluding hydrogens is 276 g/mol. The van der Waals surface area contributed by atoms with Gasteiger partial charge in [-0.15, -0.1) is 0 Å². The summed E-state index contributed by atoms with van der Waals surface area (Å²) in [4.78, 5) is 3.91. The largest absolute Gasteiger partial charge is 0.497 e. The zero-order chi connectivity index (χ0) is 15.2. The maximum atomic E-state index is 13.7. The number of hydrogen-bond acceptors (Lipinski definition) is 4. The van der Waals surface area contributed by atoms with E-state index in [1.807, 2.05) is 31.2 Å². The summed E-state index contributed by atoms with van der Waals surface area (Å²) in [5.74, 6) is -0.620. The van der Waals surface area contributed by atoms with Gasteiger partial charge in [0.1, 0.15) is 5.75 Å². The molecule has 0 spiro atoms. The van der Waals surface area contributed by atoms with E-state index in [-0.39, 0.29) is 11.6 Å². The molecule has 1 aromatic heterocycles. The van der Waals surface area contributed by atoms with Crippen molar-refractivity contribution in [3.8, 4) is 5.75 Å². The Labute approximate surface area is 122 Å². The van der Waals surface area contributed by atoms with Crippen molar-refractivity contribution in [1.29, 1.82) is 0 Å². The molecule has 0 aliphatic carbocycles. The number of nitrogens with one attached hydrogen (secondary N) is 2. The number of nitrogens with zero attached hydrogens (tertiary/aromatic N) is 1. The maximum Gasteiger partial charge on any atom is 0.168 e. The number of hydrogen-bond donors (Lipinski definition) is 2. The molecule has 112 valence electrons. The number of methoxy groups -OCH3 is 1. The lowest BCUT2D eigenvalue weighted by Crippen LogP contribution is -2.08. The van der Waals surface area contributed by atoms with E-state index in [4.69, 9.17) is 4.74 Å². The number of pyridine rings is 1. The predicted octanol–water partition coefficient (Wildman–Crippen LogP) is 3.41. The highest BCUT2D eigenvalue weighted by Gasteiger charge is 2.11. The minimum atomic E-state index is -0.720. The molecule has 4 nitrogen and oxygen atoms in total. The van der Waals surface area contributed by atoms with E-state index < -0.39 is 11.6 Å². The minimum absolute atomic E-state index is 0.0168. The number of rotatable bonds is 6. The van der Waals surface area contributed by atoms with E-state index in [2.05, 4.69) is 15.6 Å². The van der Waals surface area contributed by atoms with Crippen LogP contribution in [0.2, 0.25) is 0 Å². The highest BCUT2D eigenvalue weighted by molar-refractivity contribution is 5.48. The fraction of sp³-hybridized carbons (Fsp3) is 0.267. The Bertz CT molecular complexity index is 603. The Balaban J connectivity index is 2.09. The van der Waals surface area contributed by atoms with Gasteiger partial charge in [0.15, 0.2) is 23.3 Å². The highest BCUT2D eigenvalue weighted by atomic mass is 19.1. The molecule has 0 fully saturated rings. The van der Waals surface area contributed by atoms with Crippen LogP contribution in [0.25, 0.3) is 0 Å². The van der Waals surface area contributed by atoms with Crippen molar-refractivity contribution in [2.75, 3.05) is 24.3 Å². The van der Waals surface area contributed by atoms with Crippen LogP contribution in [-0.4, -0.2) is 18.6 Å². The molecule has 2 rings (SSSR count). The van der Waals surface area contributed by atoms with Crippen LogP contribution < -0.4 is 15.4 Å². The summed E-state index contributed by atoms with van der Waals surface area (Å²) in [5.41, 5.74) is 0.936. The fourth-order valence-electron chi connectivity index (χ4n) is 1.81. The van der Waals surface area contributed by atoms with Gasteiger partial charge in [-0.1, -0.05) is 12.1 Å². The van der Waals surface area contributed by atoms with Crippen molar-refractivity contribution < 1.29 is 13.5 Å². The molecule has 0 radical (unpaired) electrons. The lowest BCUT2D eigenvalue weighted by atomic mass is 10.2. The molecule has 0 saturated carbocycles. The van der Waals surface area contributed by atoms with Crippen LogP contribution in [0.1, 0.15) is 12.5 Å². The first-order valence-corrected chi connectivity index (χ1v) is 6.60. The van der Waals surface area contributed by atoms with E-state index in [9.17, 15) is 8.78 Å². The number of anilines is 2. The van der Waals surface area contributed by atoms with Gasteiger partial charge in [-0.2, -0.15) is 0 Å². The normalized spacial score (nSPS) is 10.3. The smallest absolute Gasteiger partial charge is 0.168 e. The van der Waals surface area contributed by atoms with Crippen LogP contribution in [0, 0.1) is 11.6 Å². The second kappa shape index (κ2) is 6.88. The monoisotopic (exact) mass is 293 g/mol. The fourth-order valence-corrected chi connectivity index (χ4v) is 1.81. The summed E-state index contributed by atoms with van der Waals surface area (Å²) in [6, 6.07) is 8.17. The summed E-state index contributed by atoms with van der Waals surface area (Å²) >= 11 is 0. The summed E-state index contributed by atoms with van der Waals surface area (Å²) in [5, 5.41) is 5.61. The number of benzene rings is 1. The Morgan fingerprint density at radius 1 is 1.05 bits per heavy atom. The van der Waals surface area contributed by atoms with E-state index in [1.54, 1.807) is 7.11 Å². The standard InChI is InChI=1S/C15H17F2N3O/c1-3-18-14-12(16)8-13(17)15(20-14)19-9-10-4-6-11(21-2)7-5-10/h4-8H,3,9H2,1-2H3,(H2,18,19,20). The summed E-state index contributed by atoms with van der Waals surface area (Å²) in [6.45, 7) is 2.70. The molecular formula is C15H17F2N3O. The van der Waals surface area contributed by atoms with Gasteiger partial charge in [0.25, 0.3) is 0 Å². The molecule has 0 atom stereocenters. The van der Waals surface area contributed by atoms with Gasteiger partial charge in [0.2, 0.25) is 0 Å². The number of aromatic nitrogens is 1. The second-order valence-electron chi connectivity index (χ2n) is 4.38. The first-order chi connectivity index (χ1) is 10.1. The molecule has 6 heteroatoms. The third-order valence-corrected chi connectivity index (χ3v) is 2.89. The quantitative estimate of drug-likeness (QED) is 0.857. The van der Waals surface area contributed by atoms with E-state index in [0.29, 0.717) is 13.1 Å². The van der Waals surface area contributed by atoms with Crippen LogP contribution in [0.4, 0.5) is 20.4 Å². The lowest BCUT2D eigenvalue weighted by molar-refractivity contribution is 0.414. The Hall–Kier alpha value is -2.37. The lowest BCUT2D eigenvalue weighted by Gasteiger charge is -2.10. The Kier molecular flexibility index (Phi) is 4.92. The maximum absolute atomic E-state index is 13.7. The molecule has 0 aliphatic rings. The van der Waals surface area contributed by atoms with Crippen molar-refractivity contribution in [3.63, 3.8) is 0 Å². The van der Waals surface area contributed by atoms with Crippen LogP contribution in [0.3, 0.4) is 0 Å². The first-order valence-electron chi connectivity index (χ1n) is 6.60. The average molecular weight is 293 g/mol. The van der Waals surface area contributed by atoms with Crippen molar-refractivity contribution in [2.24, 2.45) is 0 Å². The predicted molar refractivity (Wildman–Crippen MR) is 78.6 cm³/mol. The van der Waals surface area contributed by atoms with Crippen molar-refractivity contribution in [2.45, 2.75) is 13.5 Å². The average Bonchev–Trinajstić information content (AvgIpc) is 2.49. The molecule has 1 heterocycles. The molecule has 2 N–H and O–H groups in total. The zero-order valence-electron chi connectivity index (χ0n) is 11.9. The first kappa shape index (κ1) is 15.0. The van der Waals surface area contributed by atoms with Gasteiger partial charge in [-0.25, -0.2) is 13.8 Å². The molecule has 0 unspecified atom stereocenters. The Morgan fingerprint density at radius 2 is 1.67 bits per heavy atom. The van der Waals surface area contributed by atoms with Crippen LogP contribution in [0.15, 0.2) is 30.3 Å². The molecule has 0 aliphatic heterocycles. The second-order valence-corrected chi connectivity index (χ2v) is 4.38. The molecule has 0 amide bonds. The molecule has 21 heavy (non-hydrogen) atoms. The van der Waals surface area contributed by atoms with Gasteiger partial charge in [0, 0.05) is 19.2 Å². The van der Waals surface area contributed by atoms with Gasteiger partial charge < -0.3 is 15.4 Å². The number of halogens is 2. The van der Waals surface area contributed by atoms with Gasteiger partial charge in [0.05, 0.1) is 7.11 Å². The summed E-state index contributed by atoms with van der Waals surface area (Å²) in [7, 11) is 1.59. The highest BCUT2D eigenvalue weighted by Crippen LogP contribution is 2.20. The molecule has 1 aromatic carbocycles.